The third-order valence-corrected chi connectivity index (χ3v) is 3.26. The van der Waals surface area contributed by atoms with Crippen LogP contribution in [0.15, 0.2) is 30.3 Å². The van der Waals surface area contributed by atoms with Gasteiger partial charge in [0.2, 0.25) is 0 Å². The molecule has 2 atom stereocenters. The van der Waals surface area contributed by atoms with Gasteiger partial charge in [-0.3, -0.25) is 0 Å². The van der Waals surface area contributed by atoms with E-state index in [1.165, 1.54) is 0 Å². The van der Waals surface area contributed by atoms with E-state index < -0.39 is 14.3 Å². The number of benzene rings is 1. The standard InChI is InChI=1S/C9H12O3P.Na/c10-6-8(11)7-13(12)9-4-2-1-3-5-9;/h1-5,8,10-11H,6-7H2;/q-1;+1. The summed E-state index contributed by atoms with van der Waals surface area (Å²) < 4.78 is 0. The van der Waals surface area contributed by atoms with Crippen molar-refractivity contribution in [2.45, 2.75) is 6.10 Å². The minimum absolute atomic E-state index is 0. The quantitative estimate of drug-likeness (QED) is 0.409. The fourth-order valence-corrected chi connectivity index (χ4v) is 2.16. The van der Waals surface area contributed by atoms with Gasteiger partial charge in [0.1, 0.15) is 0 Å². The first-order valence-corrected chi connectivity index (χ1v) is 5.47. The first-order chi connectivity index (χ1) is 6.24. The van der Waals surface area contributed by atoms with Crippen molar-refractivity contribution < 1.29 is 44.7 Å². The molecule has 1 aromatic rings. The summed E-state index contributed by atoms with van der Waals surface area (Å²) in [4.78, 5) is 11.5. The number of hydrogen-bond donors (Lipinski definition) is 2. The van der Waals surface area contributed by atoms with Crippen LogP contribution in [0.25, 0.3) is 0 Å². The molecule has 0 bridgehead atoms. The Kier molecular flexibility index (Phi) is 8.07. The number of hydrogen-bond acceptors (Lipinski definition) is 3. The molecule has 3 nitrogen and oxygen atoms in total. The van der Waals surface area contributed by atoms with E-state index >= 15 is 0 Å². The van der Waals surface area contributed by atoms with Crippen LogP contribution in [-0.2, 0) is 0 Å². The van der Waals surface area contributed by atoms with Crippen LogP contribution in [0.4, 0.5) is 0 Å². The van der Waals surface area contributed by atoms with Crippen LogP contribution in [0.5, 0.6) is 0 Å². The van der Waals surface area contributed by atoms with Gasteiger partial charge in [-0.25, -0.2) is 0 Å². The Morgan fingerprint density at radius 3 is 2.36 bits per heavy atom. The van der Waals surface area contributed by atoms with Gasteiger partial charge in [0.05, 0.1) is 12.7 Å². The first kappa shape index (κ1) is 14.5. The van der Waals surface area contributed by atoms with Crippen LogP contribution < -0.4 is 39.8 Å². The first-order valence-electron chi connectivity index (χ1n) is 4.02. The van der Waals surface area contributed by atoms with E-state index in [0.29, 0.717) is 5.30 Å². The number of aliphatic hydroxyl groups is 2. The predicted molar refractivity (Wildman–Crippen MR) is 51.0 cm³/mol. The summed E-state index contributed by atoms with van der Waals surface area (Å²) in [6, 6.07) is 8.95. The average Bonchev–Trinajstić information content (AvgIpc) is 2.19. The molecule has 1 aromatic carbocycles. The summed E-state index contributed by atoms with van der Waals surface area (Å²) in [5.41, 5.74) is 0. The molecule has 2 N–H and O–H groups in total. The van der Waals surface area contributed by atoms with Crippen molar-refractivity contribution in [3.8, 4) is 0 Å². The van der Waals surface area contributed by atoms with Crippen molar-refractivity contribution in [2.75, 3.05) is 12.8 Å². The van der Waals surface area contributed by atoms with Crippen LogP contribution in [0.1, 0.15) is 0 Å². The molecule has 0 saturated carbocycles. The summed E-state index contributed by atoms with van der Waals surface area (Å²) in [6.45, 7) is -0.339. The molecule has 0 aromatic heterocycles. The molecule has 0 saturated heterocycles. The Labute approximate surface area is 107 Å². The normalized spacial score (nSPS) is 14.2. The van der Waals surface area contributed by atoms with E-state index in [2.05, 4.69) is 0 Å². The summed E-state index contributed by atoms with van der Waals surface area (Å²) in [5.74, 6) is 0. The molecular formula is C9H12NaO3P. The second kappa shape index (κ2) is 7.77. The smallest absolute Gasteiger partial charge is 0.826 e. The summed E-state index contributed by atoms with van der Waals surface area (Å²) >= 11 is 0. The molecule has 0 heterocycles. The maximum Gasteiger partial charge on any atom is 1.00 e. The Hall–Kier alpha value is 0.530. The zero-order valence-corrected chi connectivity index (χ0v) is 11.0. The predicted octanol–water partition coefficient (Wildman–Crippen LogP) is -3.57. The fraction of sp³-hybridized carbons (Fsp3) is 0.333. The molecule has 72 valence electrons. The summed E-state index contributed by atoms with van der Waals surface area (Å²) in [6.07, 6.45) is -0.764. The van der Waals surface area contributed by atoms with Crippen LogP contribution in [-0.4, -0.2) is 29.1 Å². The van der Waals surface area contributed by atoms with Crippen molar-refractivity contribution in [1.29, 1.82) is 0 Å². The van der Waals surface area contributed by atoms with Gasteiger partial charge >= 0.3 is 29.6 Å². The van der Waals surface area contributed by atoms with E-state index in [1.807, 2.05) is 6.07 Å². The third kappa shape index (κ3) is 4.85. The maximum atomic E-state index is 11.5. The summed E-state index contributed by atoms with van der Waals surface area (Å²) in [5, 5.41) is 18.3. The second-order valence-electron chi connectivity index (χ2n) is 2.73. The van der Waals surface area contributed by atoms with Crippen LogP contribution in [0.3, 0.4) is 0 Å². The number of aliphatic hydroxyl groups excluding tert-OH is 2. The van der Waals surface area contributed by atoms with Gasteiger partial charge in [-0.2, -0.15) is 8.15 Å². The maximum absolute atomic E-state index is 11.5. The minimum Gasteiger partial charge on any atom is -0.826 e. The van der Waals surface area contributed by atoms with Crippen LogP contribution in [0.2, 0.25) is 0 Å². The molecule has 0 fully saturated rings. The van der Waals surface area contributed by atoms with Gasteiger partial charge in [-0.1, -0.05) is 30.3 Å². The molecule has 0 radical (unpaired) electrons. The molecule has 5 heteroatoms. The SMILES string of the molecule is [Na+].[O-]P(CC(O)CO)c1ccccc1. The zero-order valence-electron chi connectivity index (χ0n) is 8.13. The van der Waals surface area contributed by atoms with E-state index in [-0.39, 0.29) is 42.3 Å². The monoisotopic (exact) mass is 222 g/mol. The second-order valence-corrected chi connectivity index (χ2v) is 4.37. The van der Waals surface area contributed by atoms with E-state index in [4.69, 9.17) is 10.2 Å². The molecular weight excluding hydrogens is 210 g/mol. The van der Waals surface area contributed by atoms with Gasteiger partial charge in [-0.15, -0.1) is 0 Å². The van der Waals surface area contributed by atoms with Crippen LogP contribution >= 0.6 is 8.15 Å². The molecule has 0 spiro atoms. The minimum atomic E-state index is -1.58. The number of rotatable bonds is 4. The molecule has 0 aliphatic heterocycles. The topological polar surface area (TPSA) is 63.5 Å². The van der Waals surface area contributed by atoms with E-state index in [0.717, 1.165) is 0 Å². The Balaban J connectivity index is 0.00000169. The van der Waals surface area contributed by atoms with Gasteiger partial charge in [-0.05, 0) is 11.5 Å². The van der Waals surface area contributed by atoms with Crippen molar-refractivity contribution in [3.63, 3.8) is 0 Å². The average molecular weight is 222 g/mol. The molecule has 1 rings (SSSR count). The molecule has 2 unspecified atom stereocenters. The van der Waals surface area contributed by atoms with Crippen molar-refractivity contribution >= 4 is 13.5 Å². The van der Waals surface area contributed by atoms with E-state index in [1.54, 1.807) is 24.3 Å². The zero-order chi connectivity index (χ0) is 9.68. The van der Waals surface area contributed by atoms with Crippen molar-refractivity contribution in [3.05, 3.63) is 30.3 Å². The molecule has 0 aliphatic carbocycles. The molecule has 0 aliphatic rings. The van der Waals surface area contributed by atoms with Crippen LogP contribution in [0, 0.1) is 0 Å². The van der Waals surface area contributed by atoms with Gasteiger partial charge < -0.3 is 15.1 Å². The van der Waals surface area contributed by atoms with Gasteiger partial charge in [0.15, 0.2) is 0 Å². The summed E-state index contributed by atoms with van der Waals surface area (Å²) in [7, 11) is -1.58. The third-order valence-electron chi connectivity index (χ3n) is 1.63. The Morgan fingerprint density at radius 1 is 1.29 bits per heavy atom. The fourth-order valence-electron chi connectivity index (χ4n) is 0.949. The van der Waals surface area contributed by atoms with Gasteiger partial charge in [0, 0.05) is 0 Å². The molecule has 0 amide bonds. The van der Waals surface area contributed by atoms with Crippen molar-refractivity contribution in [1.82, 2.24) is 0 Å². The Bertz CT molecular complexity index is 245. The van der Waals surface area contributed by atoms with Crippen molar-refractivity contribution in [2.24, 2.45) is 0 Å². The Morgan fingerprint density at radius 2 is 1.86 bits per heavy atom. The van der Waals surface area contributed by atoms with E-state index in [9.17, 15) is 4.89 Å². The van der Waals surface area contributed by atoms with Gasteiger partial charge in [0.25, 0.3) is 0 Å². The largest absolute Gasteiger partial charge is 1.00 e. The molecule has 14 heavy (non-hydrogen) atoms.